The zero-order valence-corrected chi connectivity index (χ0v) is 15.3. The van der Waals surface area contributed by atoms with Crippen LogP contribution < -0.4 is 4.74 Å². The van der Waals surface area contributed by atoms with Gasteiger partial charge in [0, 0.05) is 24.2 Å². The van der Waals surface area contributed by atoms with E-state index in [9.17, 15) is 4.79 Å². The fraction of sp³-hybridized carbons (Fsp3) is 0.350. The number of hydrogen-bond donors (Lipinski definition) is 0. The number of rotatable bonds is 5. The zero-order chi connectivity index (χ0) is 18.8. The van der Waals surface area contributed by atoms with Crippen LogP contribution in [0.15, 0.2) is 45.4 Å². The number of hydrogen-bond acceptors (Lipinski definition) is 6. The summed E-state index contributed by atoms with van der Waals surface area (Å²) in [5, 5.41) is 8.10. The van der Waals surface area contributed by atoms with Crippen LogP contribution in [0.2, 0.25) is 0 Å². The average Bonchev–Trinajstić information content (AvgIpc) is 3.47. The van der Waals surface area contributed by atoms with E-state index >= 15 is 0 Å². The summed E-state index contributed by atoms with van der Waals surface area (Å²) < 4.78 is 16.0. The predicted molar refractivity (Wildman–Crippen MR) is 97.4 cm³/mol. The number of carbonyl (C=O) groups is 1. The molecule has 1 fully saturated rings. The van der Waals surface area contributed by atoms with Gasteiger partial charge >= 0.3 is 0 Å². The van der Waals surface area contributed by atoms with E-state index in [0.717, 1.165) is 42.0 Å². The fourth-order valence-electron chi connectivity index (χ4n) is 3.37. The molecule has 1 aliphatic heterocycles. The van der Waals surface area contributed by atoms with Crippen molar-refractivity contribution < 1.29 is 18.6 Å². The Balaban J connectivity index is 1.54. The summed E-state index contributed by atoms with van der Waals surface area (Å²) in [6.07, 6.45) is 2.57. The minimum atomic E-state index is -0.181. The van der Waals surface area contributed by atoms with Crippen LogP contribution in [0.4, 0.5) is 0 Å². The van der Waals surface area contributed by atoms with Gasteiger partial charge in [0.15, 0.2) is 5.76 Å². The van der Waals surface area contributed by atoms with E-state index in [-0.39, 0.29) is 17.7 Å². The smallest absolute Gasteiger partial charge is 0.293 e. The van der Waals surface area contributed by atoms with Crippen molar-refractivity contribution in [2.45, 2.75) is 32.2 Å². The summed E-state index contributed by atoms with van der Waals surface area (Å²) >= 11 is 0. The molecule has 27 heavy (non-hydrogen) atoms. The Bertz CT molecular complexity index is 929. The van der Waals surface area contributed by atoms with Gasteiger partial charge in [0.2, 0.25) is 5.76 Å². The first kappa shape index (κ1) is 17.3. The van der Waals surface area contributed by atoms with E-state index in [4.69, 9.17) is 13.8 Å². The summed E-state index contributed by atoms with van der Waals surface area (Å²) in [5.41, 5.74) is 2.37. The van der Waals surface area contributed by atoms with Crippen LogP contribution in [0.3, 0.4) is 0 Å². The fourth-order valence-corrected chi connectivity index (χ4v) is 3.37. The van der Waals surface area contributed by atoms with Crippen molar-refractivity contribution in [1.82, 2.24) is 15.2 Å². The molecule has 7 nitrogen and oxygen atoms in total. The van der Waals surface area contributed by atoms with Gasteiger partial charge in [-0.15, -0.1) is 0 Å². The molecular weight excluding hydrogens is 346 g/mol. The van der Waals surface area contributed by atoms with Gasteiger partial charge in [0.05, 0.1) is 18.8 Å². The van der Waals surface area contributed by atoms with Crippen LogP contribution in [-0.4, -0.2) is 34.8 Å². The highest BCUT2D eigenvalue weighted by Gasteiger charge is 2.35. The Kier molecular flexibility index (Phi) is 4.66. The molecule has 7 heteroatoms. The minimum absolute atomic E-state index is 0.111. The van der Waals surface area contributed by atoms with Crippen molar-refractivity contribution in [2.24, 2.45) is 0 Å². The van der Waals surface area contributed by atoms with Crippen molar-refractivity contribution in [3.05, 3.63) is 53.6 Å². The topological polar surface area (TPSA) is 81.6 Å². The monoisotopic (exact) mass is 367 g/mol. The molecule has 0 unspecified atom stereocenters. The first-order valence-corrected chi connectivity index (χ1v) is 9.07. The lowest BCUT2D eigenvalue weighted by atomic mass is 10.1. The van der Waals surface area contributed by atoms with Crippen LogP contribution in [0.1, 0.15) is 47.8 Å². The Morgan fingerprint density at radius 1 is 1.22 bits per heavy atom. The second-order valence-corrected chi connectivity index (χ2v) is 6.54. The van der Waals surface area contributed by atoms with E-state index in [1.165, 1.54) is 0 Å². The first-order chi connectivity index (χ1) is 13.2. The molecule has 0 N–H and O–H groups in total. The maximum atomic E-state index is 13.0. The van der Waals surface area contributed by atoms with Gasteiger partial charge in [-0.2, -0.15) is 0 Å². The highest BCUT2D eigenvalue weighted by Crippen LogP contribution is 2.34. The van der Waals surface area contributed by atoms with Gasteiger partial charge in [-0.3, -0.25) is 4.79 Å². The number of ether oxygens (including phenoxy) is 1. The maximum Gasteiger partial charge on any atom is 0.293 e. The van der Waals surface area contributed by atoms with Gasteiger partial charge in [-0.05, 0) is 43.5 Å². The summed E-state index contributed by atoms with van der Waals surface area (Å²) in [6, 6.07) is 10.9. The van der Waals surface area contributed by atoms with E-state index in [0.29, 0.717) is 12.2 Å². The normalized spacial score (nSPS) is 16.7. The Labute approximate surface area is 156 Å². The average molecular weight is 367 g/mol. The number of likely N-dealkylation sites (tertiary alicyclic amines) is 1. The van der Waals surface area contributed by atoms with Crippen LogP contribution in [0.25, 0.3) is 11.3 Å². The van der Waals surface area contributed by atoms with Gasteiger partial charge < -0.3 is 18.7 Å². The standard InChI is InChI=1S/C20H21N3O4/c1-3-14-11-18(26-21-14)17-5-4-10-23(17)20(24)19-12-16(22-27-19)13-6-8-15(25-2)9-7-13/h6-9,11-12,17H,3-5,10H2,1-2H3/t17-/m0/s1. The van der Waals surface area contributed by atoms with Gasteiger partial charge in [0.1, 0.15) is 11.4 Å². The lowest BCUT2D eigenvalue weighted by Crippen LogP contribution is -2.30. The van der Waals surface area contributed by atoms with Crippen molar-refractivity contribution in [3.63, 3.8) is 0 Å². The van der Waals surface area contributed by atoms with Gasteiger partial charge in [0.25, 0.3) is 5.91 Å². The molecule has 0 saturated carbocycles. The third-order valence-electron chi connectivity index (χ3n) is 4.89. The number of carbonyl (C=O) groups excluding carboxylic acids is 1. The van der Waals surface area contributed by atoms with Crippen LogP contribution >= 0.6 is 0 Å². The molecule has 2 aromatic heterocycles. The van der Waals surface area contributed by atoms with Crippen LogP contribution in [0, 0.1) is 0 Å². The molecule has 1 atom stereocenters. The molecule has 1 saturated heterocycles. The number of amides is 1. The molecule has 140 valence electrons. The number of benzene rings is 1. The van der Waals surface area contributed by atoms with Crippen molar-refractivity contribution in [1.29, 1.82) is 0 Å². The summed E-state index contributed by atoms with van der Waals surface area (Å²) in [4.78, 5) is 14.7. The molecule has 0 spiro atoms. The summed E-state index contributed by atoms with van der Waals surface area (Å²) in [6.45, 7) is 2.68. The molecule has 1 amide bonds. The number of aryl methyl sites for hydroxylation is 1. The Morgan fingerprint density at radius 3 is 2.74 bits per heavy atom. The lowest BCUT2D eigenvalue weighted by Gasteiger charge is -2.20. The lowest BCUT2D eigenvalue weighted by molar-refractivity contribution is 0.0672. The van der Waals surface area contributed by atoms with Crippen LogP contribution in [0.5, 0.6) is 5.75 Å². The maximum absolute atomic E-state index is 13.0. The molecule has 0 bridgehead atoms. The van der Waals surface area contributed by atoms with E-state index < -0.39 is 0 Å². The summed E-state index contributed by atoms with van der Waals surface area (Å²) in [7, 11) is 1.62. The molecule has 0 radical (unpaired) electrons. The predicted octanol–water partition coefficient (Wildman–Crippen LogP) is 3.88. The summed E-state index contributed by atoms with van der Waals surface area (Å²) in [5.74, 6) is 1.53. The van der Waals surface area contributed by atoms with Gasteiger partial charge in [-0.25, -0.2) is 0 Å². The molecule has 3 aromatic rings. The van der Waals surface area contributed by atoms with Crippen LogP contribution in [-0.2, 0) is 6.42 Å². The third-order valence-corrected chi connectivity index (χ3v) is 4.89. The van der Waals surface area contributed by atoms with Crippen molar-refractivity contribution >= 4 is 5.91 Å². The minimum Gasteiger partial charge on any atom is -0.497 e. The third kappa shape index (κ3) is 3.32. The first-order valence-electron chi connectivity index (χ1n) is 9.07. The van der Waals surface area contributed by atoms with E-state index in [1.54, 1.807) is 18.1 Å². The van der Waals surface area contributed by atoms with E-state index in [2.05, 4.69) is 10.3 Å². The quantitative estimate of drug-likeness (QED) is 0.681. The highest BCUT2D eigenvalue weighted by atomic mass is 16.5. The second-order valence-electron chi connectivity index (χ2n) is 6.54. The molecular formula is C20H21N3O4. The Hall–Kier alpha value is -3.09. The molecule has 4 rings (SSSR count). The highest BCUT2D eigenvalue weighted by molar-refractivity contribution is 5.92. The zero-order valence-electron chi connectivity index (χ0n) is 15.3. The number of methoxy groups -OCH3 is 1. The van der Waals surface area contributed by atoms with Crippen molar-refractivity contribution in [3.8, 4) is 17.0 Å². The SMILES string of the molecule is CCc1cc([C@@H]2CCCN2C(=O)c2cc(-c3ccc(OC)cc3)no2)on1. The largest absolute Gasteiger partial charge is 0.497 e. The Morgan fingerprint density at radius 2 is 2.04 bits per heavy atom. The molecule has 1 aromatic carbocycles. The van der Waals surface area contributed by atoms with E-state index in [1.807, 2.05) is 37.3 Å². The molecule has 0 aliphatic carbocycles. The number of nitrogens with zero attached hydrogens (tertiary/aromatic N) is 3. The van der Waals surface area contributed by atoms with Gasteiger partial charge in [-0.1, -0.05) is 17.2 Å². The second kappa shape index (κ2) is 7.26. The number of aromatic nitrogens is 2. The molecule has 1 aliphatic rings. The molecule has 3 heterocycles. The van der Waals surface area contributed by atoms with Crippen molar-refractivity contribution in [2.75, 3.05) is 13.7 Å².